The molecule has 0 radical (unpaired) electrons. The highest BCUT2D eigenvalue weighted by Crippen LogP contribution is 2.21. The molecule has 1 atom stereocenters. The number of halogens is 1. The van der Waals surface area contributed by atoms with Crippen molar-refractivity contribution < 1.29 is 14.3 Å². The van der Waals surface area contributed by atoms with Crippen molar-refractivity contribution in [1.29, 1.82) is 0 Å². The molecule has 0 fully saturated rings. The molecule has 0 aliphatic carbocycles. The number of nitrogens with two attached hydrogens (primary N) is 1. The Morgan fingerprint density at radius 3 is 2.53 bits per heavy atom. The number of hydrogen-bond donors (Lipinski definition) is 2. The van der Waals surface area contributed by atoms with Crippen molar-refractivity contribution in [1.82, 2.24) is 5.32 Å². The first-order valence-electron chi connectivity index (χ1n) is 5.72. The lowest BCUT2D eigenvalue weighted by atomic mass is 10.0. The molecule has 0 heterocycles. The van der Waals surface area contributed by atoms with E-state index < -0.39 is 11.9 Å². The van der Waals surface area contributed by atoms with Crippen molar-refractivity contribution in [3.63, 3.8) is 0 Å². The maximum Gasteiger partial charge on any atom is 0.252 e. The van der Waals surface area contributed by atoms with Crippen LogP contribution < -0.4 is 11.1 Å². The zero-order chi connectivity index (χ0) is 14.6. The molecule has 104 valence electrons. The molecule has 2 amide bonds. The van der Waals surface area contributed by atoms with Gasteiger partial charge in [0.15, 0.2) is 0 Å². The monoisotopic (exact) mass is 328 g/mol. The number of aryl methyl sites for hydroxylation is 2. The quantitative estimate of drug-likeness (QED) is 0.854. The van der Waals surface area contributed by atoms with E-state index in [1.165, 1.54) is 7.11 Å². The fourth-order valence-electron chi connectivity index (χ4n) is 1.62. The van der Waals surface area contributed by atoms with E-state index in [2.05, 4.69) is 21.2 Å². The van der Waals surface area contributed by atoms with Crippen molar-refractivity contribution in [2.45, 2.75) is 19.9 Å². The maximum atomic E-state index is 12.1. The smallest absolute Gasteiger partial charge is 0.252 e. The molecule has 1 aromatic carbocycles. The van der Waals surface area contributed by atoms with Gasteiger partial charge in [-0.15, -0.1) is 0 Å². The number of ether oxygens (including phenoxy) is 1. The van der Waals surface area contributed by atoms with Crippen LogP contribution in [0.15, 0.2) is 16.6 Å². The highest BCUT2D eigenvalue weighted by Gasteiger charge is 2.20. The van der Waals surface area contributed by atoms with Gasteiger partial charge in [-0.2, -0.15) is 0 Å². The Morgan fingerprint density at radius 2 is 2.00 bits per heavy atom. The Bertz CT molecular complexity index is 503. The van der Waals surface area contributed by atoms with Gasteiger partial charge >= 0.3 is 0 Å². The van der Waals surface area contributed by atoms with Crippen LogP contribution in [0.1, 0.15) is 21.5 Å². The molecule has 0 aromatic heterocycles. The van der Waals surface area contributed by atoms with E-state index in [4.69, 9.17) is 10.5 Å². The second-order valence-corrected chi connectivity index (χ2v) is 5.15. The summed E-state index contributed by atoms with van der Waals surface area (Å²) in [4.78, 5) is 23.3. The van der Waals surface area contributed by atoms with Crippen LogP contribution in [-0.4, -0.2) is 31.6 Å². The van der Waals surface area contributed by atoms with E-state index in [1.54, 1.807) is 6.07 Å². The van der Waals surface area contributed by atoms with Gasteiger partial charge in [0.2, 0.25) is 5.91 Å². The lowest BCUT2D eigenvalue weighted by molar-refractivity contribution is -0.121. The summed E-state index contributed by atoms with van der Waals surface area (Å²) in [5.74, 6) is -0.962. The van der Waals surface area contributed by atoms with Gasteiger partial charge in [0.25, 0.3) is 5.91 Å². The third kappa shape index (κ3) is 4.04. The van der Waals surface area contributed by atoms with Crippen LogP contribution in [0.4, 0.5) is 0 Å². The Balaban J connectivity index is 2.94. The molecule has 0 saturated carbocycles. The Labute approximate surface area is 120 Å². The third-order valence-corrected chi connectivity index (χ3v) is 3.59. The SMILES string of the molecule is COC[C@@H](NC(=O)c1cc(C)c(Br)cc1C)C(N)=O. The minimum Gasteiger partial charge on any atom is -0.382 e. The predicted molar refractivity (Wildman–Crippen MR) is 75.9 cm³/mol. The van der Waals surface area contributed by atoms with Gasteiger partial charge in [-0.05, 0) is 37.1 Å². The summed E-state index contributed by atoms with van der Waals surface area (Å²) < 4.78 is 5.79. The van der Waals surface area contributed by atoms with E-state index in [0.29, 0.717) is 5.56 Å². The molecule has 0 aliphatic rings. The van der Waals surface area contributed by atoms with E-state index in [-0.39, 0.29) is 12.5 Å². The van der Waals surface area contributed by atoms with Crippen molar-refractivity contribution in [3.05, 3.63) is 33.3 Å². The number of rotatable bonds is 5. The number of primary amides is 1. The molecule has 1 aromatic rings. The average Bonchev–Trinajstić information content (AvgIpc) is 2.32. The van der Waals surface area contributed by atoms with E-state index in [1.807, 2.05) is 19.9 Å². The van der Waals surface area contributed by atoms with E-state index in [0.717, 1.165) is 15.6 Å². The Kier molecular flexibility index (Phi) is 5.50. The summed E-state index contributed by atoms with van der Waals surface area (Å²) >= 11 is 3.40. The van der Waals surface area contributed by atoms with Gasteiger partial charge in [0, 0.05) is 17.1 Å². The van der Waals surface area contributed by atoms with Gasteiger partial charge in [0.05, 0.1) is 6.61 Å². The second kappa shape index (κ2) is 6.68. The topological polar surface area (TPSA) is 81.4 Å². The van der Waals surface area contributed by atoms with Crippen LogP contribution in [0.5, 0.6) is 0 Å². The molecule has 0 aliphatic heterocycles. The molecule has 0 bridgehead atoms. The fraction of sp³-hybridized carbons (Fsp3) is 0.385. The first-order valence-corrected chi connectivity index (χ1v) is 6.52. The number of hydrogen-bond acceptors (Lipinski definition) is 3. The van der Waals surface area contributed by atoms with Crippen molar-refractivity contribution in [2.24, 2.45) is 5.73 Å². The fourth-order valence-corrected chi connectivity index (χ4v) is 2.08. The minimum absolute atomic E-state index is 0.0512. The second-order valence-electron chi connectivity index (χ2n) is 4.30. The van der Waals surface area contributed by atoms with E-state index >= 15 is 0 Å². The van der Waals surface area contributed by atoms with Crippen LogP contribution in [0.25, 0.3) is 0 Å². The van der Waals surface area contributed by atoms with Crippen LogP contribution in [-0.2, 0) is 9.53 Å². The Morgan fingerprint density at radius 1 is 1.37 bits per heavy atom. The summed E-state index contributed by atoms with van der Waals surface area (Å²) in [5.41, 5.74) is 7.47. The van der Waals surface area contributed by atoms with Crippen LogP contribution in [0, 0.1) is 13.8 Å². The molecular formula is C13H17BrN2O3. The van der Waals surface area contributed by atoms with Crippen molar-refractivity contribution in [3.8, 4) is 0 Å². The highest BCUT2D eigenvalue weighted by atomic mass is 79.9. The number of methoxy groups -OCH3 is 1. The zero-order valence-electron chi connectivity index (χ0n) is 11.1. The van der Waals surface area contributed by atoms with Crippen molar-refractivity contribution in [2.75, 3.05) is 13.7 Å². The maximum absolute atomic E-state index is 12.1. The normalized spacial score (nSPS) is 12.0. The average molecular weight is 329 g/mol. The Hall–Kier alpha value is -1.40. The minimum atomic E-state index is -0.833. The largest absolute Gasteiger partial charge is 0.382 e. The van der Waals surface area contributed by atoms with Gasteiger partial charge in [-0.3, -0.25) is 9.59 Å². The molecule has 0 saturated heterocycles. The van der Waals surface area contributed by atoms with Crippen LogP contribution in [0.2, 0.25) is 0 Å². The van der Waals surface area contributed by atoms with Gasteiger partial charge in [-0.25, -0.2) is 0 Å². The first kappa shape index (κ1) is 15.7. The molecule has 1 rings (SSSR count). The lowest BCUT2D eigenvalue weighted by Gasteiger charge is -2.16. The molecular weight excluding hydrogens is 312 g/mol. The number of carbonyl (C=O) groups is 2. The number of nitrogens with one attached hydrogen (secondary N) is 1. The van der Waals surface area contributed by atoms with Gasteiger partial charge < -0.3 is 15.8 Å². The highest BCUT2D eigenvalue weighted by molar-refractivity contribution is 9.10. The summed E-state index contributed by atoms with van der Waals surface area (Å²) in [6, 6.07) is 2.79. The molecule has 3 N–H and O–H groups in total. The summed E-state index contributed by atoms with van der Waals surface area (Å²) in [5, 5.41) is 2.57. The number of carbonyl (C=O) groups excluding carboxylic acids is 2. The molecule has 5 nitrogen and oxygen atoms in total. The van der Waals surface area contributed by atoms with Gasteiger partial charge in [0.1, 0.15) is 6.04 Å². The standard InChI is InChI=1S/C13H17BrN2O3/c1-7-5-10(14)8(2)4-9(7)13(18)16-11(6-19-3)12(15)17/h4-5,11H,6H2,1-3H3,(H2,15,17)(H,16,18)/t11-/m1/s1. The van der Waals surface area contributed by atoms with Crippen LogP contribution >= 0.6 is 15.9 Å². The zero-order valence-corrected chi connectivity index (χ0v) is 12.7. The van der Waals surface area contributed by atoms with Gasteiger partial charge in [-0.1, -0.05) is 15.9 Å². The van der Waals surface area contributed by atoms with E-state index in [9.17, 15) is 9.59 Å². The van der Waals surface area contributed by atoms with Crippen LogP contribution in [0.3, 0.4) is 0 Å². The third-order valence-electron chi connectivity index (χ3n) is 2.73. The molecule has 0 unspecified atom stereocenters. The first-order chi connectivity index (χ1) is 8.86. The molecule has 0 spiro atoms. The summed E-state index contributed by atoms with van der Waals surface area (Å²) in [6.07, 6.45) is 0. The predicted octanol–water partition coefficient (Wildman–Crippen LogP) is 1.30. The summed E-state index contributed by atoms with van der Waals surface area (Å²) in [6.45, 7) is 3.77. The summed E-state index contributed by atoms with van der Waals surface area (Å²) in [7, 11) is 1.44. The lowest BCUT2D eigenvalue weighted by Crippen LogP contribution is -2.47. The number of amides is 2. The van der Waals surface area contributed by atoms with Crippen molar-refractivity contribution >= 4 is 27.7 Å². The molecule has 19 heavy (non-hydrogen) atoms. The molecule has 6 heteroatoms. The number of benzene rings is 1.